The van der Waals surface area contributed by atoms with E-state index in [9.17, 15) is 9.59 Å². The van der Waals surface area contributed by atoms with E-state index in [0.717, 1.165) is 37.9 Å². The minimum atomic E-state index is -0.0445. The van der Waals surface area contributed by atoms with E-state index < -0.39 is 0 Å². The molecule has 1 unspecified atom stereocenters. The van der Waals surface area contributed by atoms with Crippen LogP contribution in [0.5, 0.6) is 0 Å². The highest BCUT2D eigenvalue weighted by Gasteiger charge is 2.56. The highest BCUT2D eigenvalue weighted by atomic mass is 16.2. The van der Waals surface area contributed by atoms with Crippen LogP contribution >= 0.6 is 0 Å². The van der Waals surface area contributed by atoms with E-state index in [0.29, 0.717) is 11.3 Å². The van der Waals surface area contributed by atoms with Crippen LogP contribution in [0.15, 0.2) is 42.9 Å². The normalized spacial score (nSPS) is 20.7. The van der Waals surface area contributed by atoms with Gasteiger partial charge in [-0.2, -0.15) is 0 Å². The van der Waals surface area contributed by atoms with E-state index in [1.165, 1.54) is 0 Å². The third-order valence-electron chi connectivity index (χ3n) is 5.70. The fourth-order valence-electron chi connectivity index (χ4n) is 3.86. The number of hydrogen-bond acceptors (Lipinski definition) is 4. The highest BCUT2D eigenvalue weighted by molar-refractivity contribution is 5.95. The molecule has 1 saturated heterocycles. The van der Waals surface area contributed by atoms with Crippen LogP contribution in [0.1, 0.15) is 45.7 Å². The molecule has 2 amide bonds. The smallest absolute Gasteiger partial charge is 0.272 e. The molecule has 1 atom stereocenters. The van der Waals surface area contributed by atoms with Crippen molar-refractivity contribution in [2.45, 2.75) is 32.2 Å². The summed E-state index contributed by atoms with van der Waals surface area (Å²) in [5.74, 6) is -0.0344. The van der Waals surface area contributed by atoms with Crippen LogP contribution in [0.25, 0.3) is 0 Å². The number of hydrogen-bond donors (Lipinski definition) is 1. The Kier molecular flexibility index (Phi) is 4.18. The second-order valence-corrected chi connectivity index (χ2v) is 7.29. The second kappa shape index (κ2) is 6.52. The third-order valence-corrected chi connectivity index (χ3v) is 5.70. The van der Waals surface area contributed by atoms with Crippen molar-refractivity contribution in [3.63, 3.8) is 0 Å². The van der Waals surface area contributed by atoms with Gasteiger partial charge in [0.05, 0.1) is 0 Å². The van der Waals surface area contributed by atoms with Gasteiger partial charge in [-0.15, -0.1) is 0 Å². The number of nitrogens with zero attached hydrogens (tertiary/aromatic N) is 3. The number of carbonyl (C=O) groups excluding carboxylic acids is 2. The van der Waals surface area contributed by atoms with Crippen LogP contribution < -0.4 is 5.32 Å². The van der Waals surface area contributed by atoms with Gasteiger partial charge in [-0.1, -0.05) is 6.07 Å². The summed E-state index contributed by atoms with van der Waals surface area (Å²) in [4.78, 5) is 35.1. The van der Waals surface area contributed by atoms with Gasteiger partial charge < -0.3 is 10.2 Å². The van der Waals surface area contributed by atoms with Crippen molar-refractivity contribution >= 4 is 11.8 Å². The highest BCUT2D eigenvalue weighted by Crippen LogP contribution is 2.54. The Hall–Kier alpha value is -2.76. The lowest BCUT2D eigenvalue weighted by atomic mass is 9.92. The van der Waals surface area contributed by atoms with Crippen molar-refractivity contribution in [3.8, 4) is 0 Å². The maximum absolute atomic E-state index is 12.7. The lowest BCUT2D eigenvalue weighted by molar-refractivity contribution is 0.0661. The Balaban J connectivity index is 1.34. The predicted octanol–water partition coefficient (Wildman–Crippen LogP) is 2.21. The molecule has 6 heteroatoms. The molecule has 3 heterocycles. The molecule has 0 radical (unpaired) electrons. The van der Waals surface area contributed by atoms with Gasteiger partial charge in [-0.25, -0.2) is 0 Å². The van der Waals surface area contributed by atoms with Gasteiger partial charge in [0.2, 0.25) is 0 Å². The van der Waals surface area contributed by atoms with Gasteiger partial charge in [0.25, 0.3) is 11.8 Å². The molecule has 1 spiro atoms. The zero-order valence-corrected chi connectivity index (χ0v) is 14.8. The van der Waals surface area contributed by atoms with E-state index in [1.54, 1.807) is 30.7 Å². The quantitative estimate of drug-likeness (QED) is 0.921. The Bertz CT molecular complexity index is 829. The SMILES string of the molecule is Cc1cccnc1C(=O)N1CCC2(CC1)CC2NC(=O)c1ccncc1. The van der Waals surface area contributed by atoms with E-state index >= 15 is 0 Å². The zero-order valence-electron chi connectivity index (χ0n) is 14.8. The molecule has 26 heavy (non-hydrogen) atoms. The summed E-state index contributed by atoms with van der Waals surface area (Å²) >= 11 is 0. The first-order valence-electron chi connectivity index (χ1n) is 9.01. The summed E-state index contributed by atoms with van der Waals surface area (Å²) in [7, 11) is 0. The summed E-state index contributed by atoms with van der Waals surface area (Å²) in [5.41, 5.74) is 2.24. The molecule has 1 saturated carbocycles. The Morgan fingerprint density at radius 2 is 1.88 bits per heavy atom. The number of aromatic nitrogens is 2. The molecule has 1 aliphatic heterocycles. The number of nitrogens with one attached hydrogen (secondary N) is 1. The molecule has 4 rings (SSSR count). The summed E-state index contributed by atoms with van der Waals surface area (Å²) in [6.45, 7) is 3.35. The third kappa shape index (κ3) is 3.07. The number of aryl methyl sites for hydroxylation is 1. The monoisotopic (exact) mass is 350 g/mol. The standard InChI is InChI=1S/C20H22N4O2/c1-14-3-2-8-22-17(14)19(26)24-11-6-20(7-12-24)13-16(20)23-18(25)15-4-9-21-10-5-15/h2-5,8-10,16H,6-7,11-13H2,1H3,(H,23,25). The topological polar surface area (TPSA) is 75.2 Å². The lowest BCUT2D eigenvalue weighted by Gasteiger charge is -2.33. The number of pyridine rings is 2. The molecule has 6 nitrogen and oxygen atoms in total. The molecule has 2 fully saturated rings. The van der Waals surface area contributed by atoms with Crippen LogP contribution in [0.3, 0.4) is 0 Å². The van der Waals surface area contributed by atoms with Crippen molar-refractivity contribution < 1.29 is 9.59 Å². The molecule has 0 bridgehead atoms. The first-order valence-corrected chi connectivity index (χ1v) is 9.01. The van der Waals surface area contributed by atoms with Gasteiger partial charge in [0, 0.05) is 43.3 Å². The summed E-state index contributed by atoms with van der Waals surface area (Å²) in [5, 5.41) is 3.13. The number of carbonyl (C=O) groups is 2. The van der Waals surface area contributed by atoms with Crippen molar-refractivity contribution in [1.82, 2.24) is 20.2 Å². The molecule has 134 valence electrons. The maximum Gasteiger partial charge on any atom is 0.272 e. The van der Waals surface area contributed by atoms with Crippen LogP contribution in [0.4, 0.5) is 0 Å². The van der Waals surface area contributed by atoms with Crippen molar-refractivity contribution in [2.75, 3.05) is 13.1 Å². The fourth-order valence-corrected chi connectivity index (χ4v) is 3.86. The molecule has 1 N–H and O–H groups in total. The summed E-state index contributed by atoms with van der Waals surface area (Å²) in [6, 6.07) is 7.41. The number of piperidine rings is 1. The summed E-state index contributed by atoms with van der Waals surface area (Å²) < 4.78 is 0. The zero-order chi connectivity index (χ0) is 18.1. The Labute approximate surface area is 152 Å². The molecule has 1 aliphatic carbocycles. The largest absolute Gasteiger partial charge is 0.349 e. The van der Waals surface area contributed by atoms with Gasteiger partial charge in [-0.3, -0.25) is 19.6 Å². The molecule has 2 aliphatic rings. The lowest BCUT2D eigenvalue weighted by Crippen LogP contribution is -2.42. The molecular weight excluding hydrogens is 328 g/mol. The number of amides is 2. The maximum atomic E-state index is 12.7. The first-order chi connectivity index (χ1) is 12.6. The van der Waals surface area contributed by atoms with Gasteiger partial charge in [0.1, 0.15) is 5.69 Å². The average Bonchev–Trinajstić information content (AvgIpc) is 3.33. The number of rotatable bonds is 3. The first kappa shape index (κ1) is 16.7. The Morgan fingerprint density at radius 3 is 2.58 bits per heavy atom. The molecule has 0 aromatic carbocycles. The van der Waals surface area contributed by atoms with Crippen molar-refractivity contribution in [1.29, 1.82) is 0 Å². The van der Waals surface area contributed by atoms with Crippen molar-refractivity contribution in [2.24, 2.45) is 5.41 Å². The van der Waals surface area contributed by atoms with Gasteiger partial charge >= 0.3 is 0 Å². The molecule has 2 aromatic heterocycles. The van der Waals surface area contributed by atoms with E-state index in [-0.39, 0.29) is 23.3 Å². The average molecular weight is 350 g/mol. The van der Waals surface area contributed by atoms with Gasteiger partial charge in [0.15, 0.2) is 0 Å². The minimum absolute atomic E-state index is 0.0102. The van der Waals surface area contributed by atoms with E-state index in [1.807, 2.05) is 24.0 Å². The molecule has 2 aromatic rings. The van der Waals surface area contributed by atoms with Crippen LogP contribution in [0.2, 0.25) is 0 Å². The minimum Gasteiger partial charge on any atom is -0.349 e. The molecular formula is C20H22N4O2. The fraction of sp³-hybridized carbons (Fsp3) is 0.400. The van der Waals surface area contributed by atoms with Gasteiger partial charge in [-0.05, 0) is 55.4 Å². The van der Waals surface area contributed by atoms with E-state index in [4.69, 9.17) is 0 Å². The summed E-state index contributed by atoms with van der Waals surface area (Å²) in [6.07, 6.45) is 7.76. The number of likely N-dealkylation sites (tertiary alicyclic amines) is 1. The van der Waals surface area contributed by atoms with Crippen molar-refractivity contribution in [3.05, 3.63) is 59.7 Å². The van der Waals surface area contributed by atoms with E-state index in [2.05, 4.69) is 15.3 Å². The van der Waals surface area contributed by atoms with Crippen LogP contribution in [0, 0.1) is 12.3 Å². The second-order valence-electron chi connectivity index (χ2n) is 7.29. The van der Waals surface area contributed by atoms with Crippen LogP contribution in [-0.4, -0.2) is 45.8 Å². The Morgan fingerprint density at radius 1 is 1.15 bits per heavy atom. The van der Waals surface area contributed by atoms with Crippen LogP contribution in [-0.2, 0) is 0 Å². The predicted molar refractivity (Wildman–Crippen MR) is 96.7 cm³/mol.